The normalized spacial score (nSPS) is 18.6. The van der Waals surface area contributed by atoms with Crippen LogP contribution < -0.4 is 10.6 Å². The molecule has 1 fully saturated rings. The van der Waals surface area contributed by atoms with Gasteiger partial charge in [0.05, 0.1) is 40.2 Å². The maximum Gasteiger partial charge on any atom is 0.337 e. The van der Waals surface area contributed by atoms with Crippen LogP contribution in [0.3, 0.4) is 0 Å². The first-order valence-electron chi connectivity index (χ1n) is 11.9. The molecule has 1 aromatic carbocycles. The van der Waals surface area contributed by atoms with E-state index >= 15 is 0 Å². The molecule has 1 aliphatic heterocycles. The SMILES string of the molecule is CC1=C(C(=O)OCc2ccccc2)[C@@H](c2ccco2)C(C#N)=C(SCC(=O)NC2CCCCC2)N1. The van der Waals surface area contributed by atoms with Gasteiger partial charge in [-0.2, -0.15) is 5.26 Å². The largest absolute Gasteiger partial charge is 0.468 e. The van der Waals surface area contributed by atoms with Gasteiger partial charge < -0.3 is 19.8 Å². The quantitative estimate of drug-likeness (QED) is 0.506. The Kier molecular flexibility index (Phi) is 8.32. The van der Waals surface area contributed by atoms with Crippen molar-refractivity contribution >= 4 is 23.6 Å². The van der Waals surface area contributed by atoms with E-state index in [-0.39, 0.29) is 24.3 Å². The number of nitrogens with one attached hydrogen (secondary N) is 2. The number of dihydropyridines is 1. The summed E-state index contributed by atoms with van der Waals surface area (Å²) >= 11 is 1.26. The van der Waals surface area contributed by atoms with Gasteiger partial charge in [-0.1, -0.05) is 61.4 Å². The fourth-order valence-corrected chi connectivity index (χ4v) is 5.39. The van der Waals surface area contributed by atoms with Crippen LogP contribution in [0.25, 0.3) is 0 Å². The van der Waals surface area contributed by atoms with Crippen molar-refractivity contribution in [1.82, 2.24) is 10.6 Å². The average Bonchev–Trinajstić information content (AvgIpc) is 3.41. The lowest BCUT2D eigenvalue weighted by Gasteiger charge is -2.28. The molecular formula is C27H29N3O4S. The van der Waals surface area contributed by atoms with Crippen LogP contribution in [-0.4, -0.2) is 23.7 Å². The lowest BCUT2D eigenvalue weighted by atomic mass is 9.86. The molecule has 1 aromatic heterocycles. The van der Waals surface area contributed by atoms with Crippen molar-refractivity contribution in [3.8, 4) is 6.07 Å². The Balaban J connectivity index is 1.51. The van der Waals surface area contributed by atoms with Gasteiger partial charge in [0.15, 0.2) is 0 Å². The summed E-state index contributed by atoms with van der Waals surface area (Å²) in [5, 5.41) is 16.9. The zero-order valence-electron chi connectivity index (χ0n) is 19.7. The Morgan fingerprint density at radius 3 is 2.63 bits per heavy atom. The molecule has 1 amide bonds. The number of carbonyl (C=O) groups excluding carboxylic acids is 2. The lowest BCUT2D eigenvalue weighted by Crippen LogP contribution is -2.37. The number of carbonyl (C=O) groups is 2. The maximum atomic E-state index is 13.2. The lowest BCUT2D eigenvalue weighted by molar-refractivity contribution is -0.140. The van der Waals surface area contributed by atoms with E-state index in [1.807, 2.05) is 30.3 Å². The summed E-state index contributed by atoms with van der Waals surface area (Å²) in [5.74, 6) is -0.650. The zero-order chi connectivity index (χ0) is 24.6. The van der Waals surface area contributed by atoms with Gasteiger partial charge >= 0.3 is 5.97 Å². The minimum Gasteiger partial charge on any atom is -0.468 e. The van der Waals surface area contributed by atoms with E-state index in [4.69, 9.17) is 9.15 Å². The van der Waals surface area contributed by atoms with E-state index in [0.29, 0.717) is 27.6 Å². The first-order chi connectivity index (χ1) is 17.1. The number of nitrogens with zero attached hydrogens (tertiary/aromatic N) is 1. The molecule has 0 saturated heterocycles. The average molecular weight is 492 g/mol. The van der Waals surface area contributed by atoms with E-state index in [1.165, 1.54) is 24.4 Å². The Bertz CT molecular complexity index is 1140. The summed E-state index contributed by atoms with van der Waals surface area (Å²) in [7, 11) is 0. The molecule has 182 valence electrons. The van der Waals surface area contributed by atoms with E-state index < -0.39 is 11.9 Å². The van der Waals surface area contributed by atoms with Crippen LogP contribution in [0.15, 0.2) is 75.0 Å². The van der Waals surface area contributed by atoms with Crippen LogP contribution in [0, 0.1) is 11.3 Å². The summed E-state index contributed by atoms with van der Waals surface area (Å²) in [5.41, 5.74) is 2.09. The summed E-state index contributed by atoms with van der Waals surface area (Å²) in [6.45, 7) is 1.89. The highest BCUT2D eigenvalue weighted by atomic mass is 32.2. The first-order valence-corrected chi connectivity index (χ1v) is 12.8. The number of hydrogen-bond acceptors (Lipinski definition) is 7. The summed E-state index contributed by atoms with van der Waals surface area (Å²) < 4.78 is 11.2. The van der Waals surface area contributed by atoms with E-state index in [0.717, 1.165) is 31.2 Å². The third-order valence-corrected chi connectivity index (χ3v) is 7.24. The molecule has 0 bridgehead atoms. The van der Waals surface area contributed by atoms with E-state index in [1.54, 1.807) is 19.1 Å². The summed E-state index contributed by atoms with van der Waals surface area (Å²) in [6, 6.07) is 15.3. The Morgan fingerprint density at radius 2 is 1.94 bits per heavy atom. The molecule has 8 heteroatoms. The number of furan rings is 1. The van der Waals surface area contributed by atoms with Crippen LogP contribution in [0.4, 0.5) is 0 Å². The molecule has 35 heavy (non-hydrogen) atoms. The van der Waals surface area contributed by atoms with Crippen molar-refractivity contribution in [3.63, 3.8) is 0 Å². The topological polar surface area (TPSA) is 104 Å². The van der Waals surface area contributed by atoms with Gasteiger partial charge in [-0.3, -0.25) is 4.79 Å². The predicted octanol–water partition coefficient (Wildman–Crippen LogP) is 4.90. The van der Waals surface area contributed by atoms with Gasteiger partial charge in [0.25, 0.3) is 0 Å². The number of rotatable bonds is 8. The van der Waals surface area contributed by atoms with Gasteiger partial charge in [0.1, 0.15) is 12.4 Å². The molecule has 0 radical (unpaired) electrons. The molecule has 2 N–H and O–H groups in total. The van der Waals surface area contributed by atoms with E-state index in [2.05, 4.69) is 16.7 Å². The molecule has 2 heterocycles. The molecule has 0 unspecified atom stereocenters. The Labute approximate surface area is 209 Å². The highest BCUT2D eigenvalue weighted by molar-refractivity contribution is 8.03. The molecule has 0 spiro atoms. The minimum absolute atomic E-state index is 0.0576. The number of benzene rings is 1. The van der Waals surface area contributed by atoms with Crippen LogP contribution >= 0.6 is 11.8 Å². The van der Waals surface area contributed by atoms with Crippen molar-refractivity contribution in [2.75, 3.05) is 5.75 Å². The second kappa shape index (κ2) is 11.8. The van der Waals surface area contributed by atoms with Crippen molar-refractivity contribution in [3.05, 3.63) is 81.9 Å². The van der Waals surface area contributed by atoms with Gasteiger partial charge in [0, 0.05) is 11.7 Å². The second-order valence-corrected chi connectivity index (χ2v) is 9.71. The van der Waals surface area contributed by atoms with Crippen LogP contribution in [0.2, 0.25) is 0 Å². The molecule has 2 aromatic rings. The first kappa shape index (κ1) is 24.7. The van der Waals surface area contributed by atoms with Crippen molar-refractivity contribution in [2.24, 2.45) is 0 Å². The van der Waals surface area contributed by atoms with Crippen LogP contribution in [0.5, 0.6) is 0 Å². The van der Waals surface area contributed by atoms with Gasteiger partial charge in [-0.05, 0) is 37.5 Å². The van der Waals surface area contributed by atoms with Gasteiger partial charge in [0.2, 0.25) is 5.91 Å². The predicted molar refractivity (Wildman–Crippen MR) is 134 cm³/mol. The molecule has 7 nitrogen and oxygen atoms in total. The van der Waals surface area contributed by atoms with Crippen molar-refractivity contribution in [1.29, 1.82) is 5.26 Å². The van der Waals surface area contributed by atoms with Crippen molar-refractivity contribution < 1.29 is 18.7 Å². The highest BCUT2D eigenvalue weighted by Crippen LogP contribution is 2.41. The van der Waals surface area contributed by atoms with Crippen LogP contribution in [0.1, 0.15) is 56.3 Å². The number of thioether (sulfide) groups is 1. The molecule has 2 aliphatic rings. The van der Waals surface area contributed by atoms with Crippen LogP contribution in [-0.2, 0) is 20.9 Å². The number of nitriles is 1. The van der Waals surface area contributed by atoms with Crippen molar-refractivity contribution in [2.45, 2.75) is 57.6 Å². The number of hydrogen-bond donors (Lipinski definition) is 2. The highest BCUT2D eigenvalue weighted by Gasteiger charge is 2.37. The zero-order valence-corrected chi connectivity index (χ0v) is 20.5. The van der Waals surface area contributed by atoms with Gasteiger partial charge in [-0.25, -0.2) is 4.79 Å². The molecule has 4 rings (SSSR count). The van der Waals surface area contributed by atoms with E-state index in [9.17, 15) is 14.9 Å². The number of ether oxygens (including phenoxy) is 1. The molecular weight excluding hydrogens is 462 g/mol. The fraction of sp³-hybridized carbons (Fsp3) is 0.370. The minimum atomic E-state index is -0.719. The summed E-state index contributed by atoms with van der Waals surface area (Å²) in [6.07, 6.45) is 7.04. The number of amides is 1. The van der Waals surface area contributed by atoms with Gasteiger partial charge in [-0.15, -0.1) is 0 Å². The maximum absolute atomic E-state index is 13.2. The molecule has 1 aliphatic carbocycles. The third-order valence-electron chi connectivity index (χ3n) is 6.23. The third kappa shape index (κ3) is 6.17. The standard InChI is InChI=1S/C27H29N3O4S/c1-18-24(27(32)34-16-19-9-4-2-5-10-19)25(22-13-8-14-33-22)21(15-28)26(29-18)35-17-23(31)30-20-11-6-3-7-12-20/h2,4-5,8-10,13-14,20,25,29H,3,6-7,11-12,16-17H2,1H3,(H,30,31)/t25-/m1/s1. The monoisotopic (exact) mass is 491 g/mol. The molecule has 1 atom stereocenters. The number of esters is 1. The second-order valence-electron chi connectivity index (χ2n) is 8.72. The Hall–Kier alpha value is -3.44. The summed E-state index contributed by atoms with van der Waals surface area (Å²) in [4.78, 5) is 25.7. The molecule has 1 saturated carbocycles. The number of allylic oxidation sites excluding steroid dienone is 2. The Morgan fingerprint density at radius 1 is 1.17 bits per heavy atom. The fourth-order valence-electron chi connectivity index (χ4n) is 4.49. The smallest absolute Gasteiger partial charge is 0.337 e.